The van der Waals surface area contributed by atoms with Crippen LogP contribution in [0.1, 0.15) is 22.3 Å². The van der Waals surface area contributed by atoms with E-state index >= 15 is 0 Å². The van der Waals surface area contributed by atoms with Crippen LogP contribution in [-0.2, 0) is 13.2 Å². The number of aliphatic hydroxyl groups excluding tert-OH is 1. The van der Waals surface area contributed by atoms with Crippen molar-refractivity contribution in [1.29, 1.82) is 0 Å². The van der Waals surface area contributed by atoms with E-state index in [9.17, 15) is 5.11 Å². The van der Waals surface area contributed by atoms with Crippen molar-refractivity contribution in [3.05, 3.63) is 69.9 Å². The Kier molecular flexibility index (Phi) is 3.75. The van der Waals surface area contributed by atoms with Gasteiger partial charge in [0, 0.05) is 17.5 Å². The van der Waals surface area contributed by atoms with Gasteiger partial charge in [-0.05, 0) is 36.6 Å². The van der Waals surface area contributed by atoms with Crippen molar-refractivity contribution in [2.24, 2.45) is 0 Å². The van der Waals surface area contributed by atoms with Gasteiger partial charge in [-0.2, -0.15) is 0 Å². The Morgan fingerprint density at radius 1 is 1.10 bits per heavy atom. The zero-order valence-electron chi connectivity index (χ0n) is 12.2. The summed E-state index contributed by atoms with van der Waals surface area (Å²) < 4.78 is 2.08. The van der Waals surface area contributed by atoms with Gasteiger partial charge in [-0.15, -0.1) is 0 Å². The van der Waals surface area contributed by atoms with E-state index in [0.717, 1.165) is 22.0 Å². The summed E-state index contributed by atoms with van der Waals surface area (Å²) in [5.41, 5.74) is 5.46. The molecule has 0 aliphatic heterocycles. The average Bonchev–Trinajstić information content (AvgIpc) is 2.73. The van der Waals surface area contributed by atoms with Crippen molar-refractivity contribution >= 4 is 22.5 Å². The Balaban J connectivity index is 2.24. The second kappa shape index (κ2) is 5.55. The molecule has 3 aromatic rings. The van der Waals surface area contributed by atoms with Crippen LogP contribution in [0.25, 0.3) is 10.9 Å². The minimum atomic E-state index is -0.0407. The Hall–Kier alpha value is -1.77. The second-order valence-electron chi connectivity index (χ2n) is 5.48. The molecule has 0 aliphatic carbocycles. The zero-order chi connectivity index (χ0) is 15.0. The molecule has 1 N–H and O–H groups in total. The minimum Gasteiger partial charge on any atom is -0.392 e. The van der Waals surface area contributed by atoms with Crippen LogP contribution in [0.4, 0.5) is 0 Å². The van der Waals surface area contributed by atoms with Crippen LogP contribution < -0.4 is 0 Å². The maximum Gasteiger partial charge on any atom is 0.115 e. The van der Waals surface area contributed by atoms with Crippen LogP contribution in [0, 0.1) is 13.8 Å². The molecule has 0 aliphatic rings. The highest BCUT2D eigenvalue weighted by Gasteiger charge is 2.17. The number of aliphatic hydroxyl groups is 1. The molecule has 0 bridgehead atoms. The average molecular weight is 300 g/mol. The number of nitrogens with zero attached hydrogens (tertiary/aromatic N) is 1. The van der Waals surface area contributed by atoms with Crippen LogP contribution in [0.5, 0.6) is 0 Å². The molecule has 3 heteroatoms. The van der Waals surface area contributed by atoms with Gasteiger partial charge in [0.15, 0.2) is 0 Å². The maximum absolute atomic E-state index is 9.69. The Morgan fingerprint density at radius 3 is 2.48 bits per heavy atom. The topological polar surface area (TPSA) is 25.2 Å². The first kappa shape index (κ1) is 14.2. The minimum absolute atomic E-state index is 0.0407. The molecular weight excluding hydrogens is 282 g/mol. The van der Waals surface area contributed by atoms with Crippen molar-refractivity contribution in [1.82, 2.24) is 4.57 Å². The lowest BCUT2D eigenvalue weighted by atomic mass is 10.0. The monoisotopic (exact) mass is 299 g/mol. The van der Waals surface area contributed by atoms with Crippen LogP contribution in [0.2, 0.25) is 5.15 Å². The summed E-state index contributed by atoms with van der Waals surface area (Å²) in [7, 11) is 0. The van der Waals surface area contributed by atoms with Crippen molar-refractivity contribution in [2.75, 3.05) is 0 Å². The van der Waals surface area contributed by atoms with Gasteiger partial charge in [0.1, 0.15) is 5.15 Å². The van der Waals surface area contributed by atoms with E-state index in [4.69, 9.17) is 11.6 Å². The number of aromatic nitrogens is 1. The first-order valence-electron chi connectivity index (χ1n) is 7.04. The highest BCUT2D eigenvalue weighted by molar-refractivity contribution is 6.32. The molecule has 0 fully saturated rings. The standard InChI is InChI=1S/C18H18ClNO/c1-12-8-13(2)17-15(11-21)18(19)20(16(17)9-12)10-14-6-4-3-5-7-14/h3-9,21H,10-11H2,1-2H3. The molecule has 0 spiro atoms. The van der Waals surface area contributed by atoms with Gasteiger partial charge >= 0.3 is 0 Å². The van der Waals surface area contributed by atoms with Crippen molar-refractivity contribution < 1.29 is 5.11 Å². The lowest BCUT2D eigenvalue weighted by molar-refractivity contribution is 0.283. The number of halogens is 1. The molecular formula is C18H18ClNO. The van der Waals surface area contributed by atoms with Gasteiger partial charge < -0.3 is 9.67 Å². The molecule has 2 nitrogen and oxygen atoms in total. The van der Waals surface area contributed by atoms with Crippen molar-refractivity contribution in [3.8, 4) is 0 Å². The summed E-state index contributed by atoms with van der Waals surface area (Å²) in [5.74, 6) is 0. The number of benzene rings is 2. The summed E-state index contributed by atoms with van der Waals surface area (Å²) >= 11 is 6.53. The van der Waals surface area contributed by atoms with Gasteiger partial charge in [-0.3, -0.25) is 0 Å². The molecule has 1 aromatic heterocycles. The Labute approximate surface area is 129 Å². The number of rotatable bonds is 3. The fraction of sp³-hybridized carbons (Fsp3) is 0.222. The largest absolute Gasteiger partial charge is 0.392 e. The third-order valence-electron chi connectivity index (χ3n) is 3.88. The fourth-order valence-corrected chi connectivity index (χ4v) is 3.29. The van der Waals surface area contributed by atoms with E-state index in [2.05, 4.69) is 42.7 Å². The third-order valence-corrected chi connectivity index (χ3v) is 4.31. The van der Waals surface area contributed by atoms with Gasteiger partial charge in [0.2, 0.25) is 0 Å². The molecule has 0 unspecified atom stereocenters. The Bertz CT molecular complexity index is 790. The van der Waals surface area contributed by atoms with E-state index in [1.807, 2.05) is 18.2 Å². The van der Waals surface area contributed by atoms with Crippen LogP contribution in [-0.4, -0.2) is 9.67 Å². The predicted molar refractivity (Wildman–Crippen MR) is 87.9 cm³/mol. The van der Waals surface area contributed by atoms with Gasteiger partial charge in [0.25, 0.3) is 0 Å². The van der Waals surface area contributed by atoms with Gasteiger partial charge in [-0.25, -0.2) is 0 Å². The molecule has 3 rings (SSSR count). The van der Waals surface area contributed by atoms with Crippen molar-refractivity contribution in [2.45, 2.75) is 27.0 Å². The molecule has 108 valence electrons. The summed E-state index contributed by atoms with van der Waals surface area (Å²) in [6.45, 7) is 4.82. The molecule has 0 saturated carbocycles. The quantitative estimate of drug-likeness (QED) is 0.759. The van der Waals surface area contributed by atoms with Crippen LogP contribution in [0.3, 0.4) is 0 Å². The zero-order valence-corrected chi connectivity index (χ0v) is 13.0. The lowest BCUT2D eigenvalue weighted by Gasteiger charge is -2.08. The molecule has 0 amide bonds. The van der Waals surface area contributed by atoms with E-state index in [1.165, 1.54) is 11.1 Å². The van der Waals surface area contributed by atoms with Gasteiger partial charge in [-0.1, -0.05) is 48.0 Å². The summed E-state index contributed by atoms with van der Waals surface area (Å²) in [5, 5.41) is 11.4. The predicted octanol–water partition coefficient (Wildman–Crippen LogP) is 4.45. The van der Waals surface area contributed by atoms with E-state index in [0.29, 0.717) is 11.7 Å². The molecule has 0 saturated heterocycles. The van der Waals surface area contributed by atoms with E-state index < -0.39 is 0 Å². The highest BCUT2D eigenvalue weighted by atomic mass is 35.5. The van der Waals surface area contributed by atoms with Crippen LogP contribution in [0.15, 0.2) is 42.5 Å². The van der Waals surface area contributed by atoms with E-state index in [-0.39, 0.29) is 6.61 Å². The Morgan fingerprint density at radius 2 is 1.81 bits per heavy atom. The lowest BCUT2D eigenvalue weighted by Crippen LogP contribution is -2.00. The molecule has 0 atom stereocenters. The fourth-order valence-electron chi connectivity index (χ4n) is 2.99. The molecule has 1 heterocycles. The molecule has 21 heavy (non-hydrogen) atoms. The van der Waals surface area contributed by atoms with Gasteiger partial charge in [0.05, 0.1) is 12.1 Å². The third kappa shape index (κ3) is 2.45. The number of hydrogen-bond acceptors (Lipinski definition) is 1. The summed E-state index contributed by atoms with van der Waals surface area (Å²) in [6, 6.07) is 14.5. The van der Waals surface area contributed by atoms with Crippen molar-refractivity contribution in [3.63, 3.8) is 0 Å². The summed E-state index contributed by atoms with van der Waals surface area (Å²) in [6.07, 6.45) is 0. The van der Waals surface area contributed by atoms with E-state index in [1.54, 1.807) is 0 Å². The smallest absolute Gasteiger partial charge is 0.115 e. The number of fused-ring (bicyclic) bond motifs is 1. The first-order valence-corrected chi connectivity index (χ1v) is 7.42. The molecule has 0 radical (unpaired) electrons. The first-order chi connectivity index (χ1) is 10.1. The normalized spacial score (nSPS) is 11.2. The maximum atomic E-state index is 9.69. The molecule has 2 aromatic carbocycles. The second-order valence-corrected chi connectivity index (χ2v) is 5.83. The number of aryl methyl sites for hydroxylation is 2. The number of hydrogen-bond donors (Lipinski definition) is 1. The van der Waals surface area contributed by atoms with Crippen LogP contribution >= 0.6 is 11.6 Å². The highest BCUT2D eigenvalue weighted by Crippen LogP contribution is 2.33. The summed E-state index contributed by atoms with van der Waals surface area (Å²) in [4.78, 5) is 0. The SMILES string of the molecule is Cc1cc(C)c2c(CO)c(Cl)n(Cc3ccccc3)c2c1.